The van der Waals surface area contributed by atoms with E-state index in [1.807, 2.05) is 25.2 Å². The Hall–Kier alpha value is -3.62. The summed E-state index contributed by atoms with van der Waals surface area (Å²) < 4.78 is 39.1. The summed E-state index contributed by atoms with van der Waals surface area (Å²) in [6.45, 7) is 8.60. The van der Waals surface area contributed by atoms with E-state index in [1.165, 1.54) is 25.7 Å². The zero-order valence-corrected chi connectivity index (χ0v) is 22.3. The number of nitrogens with zero attached hydrogens (tertiary/aromatic N) is 2. The van der Waals surface area contributed by atoms with Gasteiger partial charge in [-0.15, -0.1) is 0 Å². The van der Waals surface area contributed by atoms with Crippen molar-refractivity contribution in [2.75, 3.05) is 11.9 Å². The fourth-order valence-electron chi connectivity index (χ4n) is 5.99. The molecule has 39 heavy (non-hydrogen) atoms. The molecule has 12 heteroatoms. The number of carbonyl (C=O) groups is 4. The van der Waals surface area contributed by atoms with Gasteiger partial charge in [-0.1, -0.05) is 52.8 Å². The van der Waals surface area contributed by atoms with Crippen LogP contribution in [0.3, 0.4) is 0 Å². The van der Waals surface area contributed by atoms with Gasteiger partial charge in [0.1, 0.15) is 18.1 Å². The van der Waals surface area contributed by atoms with Crippen molar-refractivity contribution >= 4 is 29.3 Å². The summed E-state index contributed by atoms with van der Waals surface area (Å²) in [4.78, 5) is 52.7. The fourth-order valence-corrected chi connectivity index (χ4v) is 5.99. The molecule has 4 rings (SSSR count). The number of amides is 4. The molecule has 9 nitrogen and oxygen atoms in total. The van der Waals surface area contributed by atoms with E-state index >= 15 is 0 Å². The number of carbonyl (C=O) groups excluding carboxylic acids is 4. The Kier molecular flexibility index (Phi) is 6.94. The van der Waals surface area contributed by atoms with E-state index in [9.17, 15) is 37.6 Å². The van der Waals surface area contributed by atoms with Gasteiger partial charge in [0.2, 0.25) is 17.7 Å². The third kappa shape index (κ3) is 5.18. The molecule has 0 bridgehead atoms. The van der Waals surface area contributed by atoms with Crippen molar-refractivity contribution in [2.24, 2.45) is 22.7 Å². The Morgan fingerprint density at radius 2 is 1.82 bits per heavy atom. The van der Waals surface area contributed by atoms with E-state index in [2.05, 4.69) is 10.6 Å². The predicted molar refractivity (Wildman–Crippen MR) is 134 cm³/mol. The Morgan fingerprint density at radius 1 is 1.18 bits per heavy atom. The van der Waals surface area contributed by atoms with Gasteiger partial charge in [-0.25, -0.2) is 0 Å². The summed E-state index contributed by atoms with van der Waals surface area (Å²) in [5.41, 5.74) is -0.0246. The molecule has 210 valence electrons. The van der Waals surface area contributed by atoms with Crippen LogP contribution in [-0.4, -0.2) is 59.4 Å². The van der Waals surface area contributed by atoms with Crippen LogP contribution in [0.2, 0.25) is 0 Å². The molecule has 1 aromatic carbocycles. The quantitative estimate of drug-likeness (QED) is 0.504. The van der Waals surface area contributed by atoms with E-state index in [0.717, 1.165) is 0 Å². The fraction of sp³-hybridized carbons (Fsp3) is 0.593. The molecule has 1 unspecified atom stereocenters. The number of piperidine rings is 1. The van der Waals surface area contributed by atoms with Gasteiger partial charge in [0.05, 0.1) is 12.0 Å². The van der Waals surface area contributed by atoms with Crippen molar-refractivity contribution in [1.82, 2.24) is 15.5 Å². The Bertz CT molecular complexity index is 1250. The first kappa shape index (κ1) is 28.4. The zero-order valence-electron chi connectivity index (χ0n) is 22.3. The predicted octanol–water partition coefficient (Wildman–Crippen LogP) is 2.70. The molecule has 0 radical (unpaired) electrons. The molecule has 3 N–H and O–H groups in total. The summed E-state index contributed by atoms with van der Waals surface area (Å²) in [6, 6.07) is 5.45. The van der Waals surface area contributed by atoms with E-state index in [4.69, 9.17) is 0 Å². The van der Waals surface area contributed by atoms with Crippen LogP contribution in [0, 0.1) is 34.0 Å². The number of anilines is 1. The van der Waals surface area contributed by atoms with E-state index in [0.29, 0.717) is 11.3 Å². The average molecular weight is 548 g/mol. The first-order chi connectivity index (χ1) is 18.0. The lowest BCUT2D eigenvalue weighted by Gasteiger charge is -2.37. The second-order valence-electron chi connectivity index (χ2n) is 12.2. The van der Waals surface area contributed by atoms with Gasteiger partial charge in [-0.3, -0.25) is 19.2 Å². The van der Waals surface area contributed by atoms with Crippen LogP contribution in [0.5, 0.6) is 0 Å². The molecule has 1 saturated carbocycles. The largest absolute Gasteiger partial charge is 0.471 e. The highest BCUT2D eigenvalue weighted by Gasteiger charge is 2.70. The zero-order chi connectivity index (χ0) is 29.1. The van der Waals surface area contributed by atoms with Gasteiger partial charge >= 0.3 is 12.1 Å². The number of para-hydroxylation sites is 1. The standard InChI is InChI=1S/C27H32F3N5O4/c1-25(2,3)20(34-24(39)27(28,29)30)23(38)35-12-16-18(26(16,4)5)19(35)22(37)32-13(11-31)10-15-14-8-6-7-9-17(14)33-21(15)36/h6-9,13,15-16,18-20H,10,12H2,1-5H3,(H,32,37)(H,33,36)(H,34,39)/t13?,15-,16+,18+,19+,20-/m1/s1. The van der Waals surface area contributed by atoms with Gasteiger partial charge in [0.15, 0.2) is 0 Å². The molecule has 3 aliphatic rings. The van der Waals surface area contributed by atoms with Gasteiger partial charge in [0, 0.05) is 12.2 Å². The molecule has 1 aliphatic carbocycles. The maximum absolute atomic E-state index is 13.6. The highest BCUT2D eigenvalue weighted by Crippen LogP contribution is 2.65. The molecule has 4 amide bonds. The van der Waals surface area contributed by atoms with Crippen LogP contribution in [0.4, 0.5) is 18.9 Å². The van der Waals surface area contributed by atoms with Crippen LogP contribution in [0.25, 0.3) is 0 Å². The number of rotatable bonds is 6. The molecule has 6 atom stereocenters. The lowest BCUT2D eigenvalue weighted by Crippen LogP contribution is -2.61. The number of hydrogen-bond acceptors (Lipinski definition) is 5. The minimum atomic E-state index is -5.18. The van der Waals surface area contributed by atoms with Crippen LogP contribution in [0.15, 0.2) is 24.3 Å². The highest BCUT2D eigenvalue weighted by atomic mass is 19.4. The summed E-state index contributed by atoms with van der Waals surface area (Å²) in [6.07, 6.45) is -5.17. The highest BCUT2D eigenvalue weighted by molar-refractivity contribution is 6.03. The maximum atomic E-state index is 13.6. The normalized spacial score (nSPS) is 26.4. The molecule has 0 spiro atoms. The third-order valence-corrected chi connectivity index (χ3v) is 8.26. The maximum Gasteiger partial charge on any atom is 0.471 e. The first-order valence-electron chi connectivity index (χ1n) is 12.8. The van der Waals surface area contributed by atoms with Crippen molar-refractivity contribution in [3.63, 3.8) is 0 Å². The summed E-state index contributed by atoms with van der Waals surface area (Å²) in [5.74, 6) is -4.92. The van der Waals surface area contributed by atoms with Gasteiger partial charge < -0.3 is 20.9 Å². The third-order valence-electron chi connectivity index (χ3n) is 8.26. The molecule has 0 aromatic heterocycles. The van der Waals surface area contributed by atoms with Crippen LogP contribution in [-0.2, 0) is 19.2 Å². The molecule has 2 fully saturated rings. The molecule has 2 heterocycles. The van der Waals surface area contributed by atoms with Crippen molar-refractivity contribution in [3.05, 3.63) is 29.8 Å². The van der Waals surface area contributed by atoms with E-state index in [-0.39, 0.29) is 36.1 Å². The van der Waals surface area contributed by atoms with Gasteiger partial charge in [-0.2, -0.15) is 18.4 Å². The minimum absolute atomic E-state index is 0.00942. The van der Waals surface area contributed by atoms with Gasteiger partial charge in [-0.05, 0) is 40.7 Å². The number of fused-ring (bicyclic) bond motifs is 2. The molecule has 1 saturated heterocycles. The second-order valence-corrected chi connectivity index (χ2v) is 12.2. The number of nitrogens with one attached hydrogen (secondary N) is 3. The summed E-state index contributed by atoms with van der Waals surface area (Å²) in [5, 5.41) is 17.0. The van der Waals surface area contributed by atoms with Crippen molar-refractivity contribution in [2.45, 2.75) is 71.3 Å². The van der Waals surface area contributed by atoms with E-state index < -0.39 is 53.4 Å². The Morgan fingerprint density at radius 3 is 2.41 bits per heavy atom. The number of benzene rings is 1. The summed E-state index contributed by atoms with van der Waals surface area (Å²) in [7, 11) is 0. The Balaban J connectivity index is 1.54. The van der Waals surface area contributed by atoms with Crippen LogP contribution in [0.1, 0.15) is 52.5 Å². The monoisotopic (exact) mass is 547 g/mol. The summed E-state index contributed by atoms with van der Waals surface area (Å²) >= 11 is 0. The lowest BCUT2D eigenvalue weighted by atomic mass is 9.85. The molecule has 2 aliphatic heterocycles. The minimum Gasteiger partial charge on any atom is -0.339 e. The van der Waals surface area contributed by atoms with Crippen molar-refractivity contribution in [3.8, 4) is 6.07 Å². The first-order valence-corrected chi connectivity index (χ1v) is 12.8. The molecular weight excluding hydrogens is 515 g/mol. The number of likely N-dealkylation sites (tertiary alicyclic amines) is 1. The van der Waals surface area contributed by atoms with Crippen molar-refractivity contribution in [1.29, 1.82) is 5.26 Å². The van der Waals surface area contributed by atoms with Gasteiger partial charge in [0.25, 0.3) is 0 Å². The molecular formula is C27H32F3N5O4. The Labute approximate surface area is 224 Å². The second kappa shape index (κ2) is 9.54. The lowest BCUT2D eigenvalue weighted by molar-refractivity contribution is -0.176. The average Bonchev–Trinajstić information content (AvgIpc) is 3.15. The number of hydrogen-bond donors (Lipinski definition) is 3. The van der Waals surface area contributed by atoms with Crippen LogP contribution < -0.4 is 16.0 Å². The molecule has 1 aromatic rings. The van der Waals surface area contributed by atoms with E-state index in [1.54, 1.807) is 24.3 Å². The number of halogens is 3. The SMILES string of the molecule is CC(C)(C)[C@H](NC(=O)C(F)(F)F)C(=O)N1C[C@H]2[C@@H]([C@H]1C(=O)NC(C#N)C[C@H]1C(=O)Nc3ccccc31)C2(C)C. The number of alkyl halides is 3. The number of nitriles is 1. The smallest absolute Gasteiger partial charge is 0.339 e. The topological polar surface area (TPSA) is 131 Å². The van der Waals surface area contributed by atoms with Crippen LogP contribution >= 0.6 is 0 Å². The van der Waals surface area contributed by atoms with Crippen molar-refractivity contribution < 1.29 is 32.3 Å².